The molecule has 3 nitrogen and oxygen atoms in total. The first kappa shape index (κ1) is 8.35. The Hall–Kier alpha value is -1.25. The van der Waals surface area contributed by atoms with Gasteiger partial charge in [0.2, 0.25) is 0 Å². The molecule has 0 aromatic rings. The van der Waals surface area contributed by atoms with Gasteiger partial charge in [0.05, 0.1) is 0 Å². The Balaban J connectivity index is 2.29. The average Bonchev–Trinajstić information content (AvgIpc) is 2.16. The van der Waals surface area contributed by atoms with Crippen LogP contribution in [0.2, 0.25) is 0 Å². The van der Waals surface area contributed by atoms with Gasteiger partial charge in [0, 0.05) is 11.3 Å². The molecule has 1 amide bonds. The standard InChI is InChI=1S/C10H13NO2/c1-2-7-4-3-5-9-8(7)6-13-10(12)11-9/h5H,2-4,6H2,1H3,(H,11,12). The van der Waals surface area contributed by atoms with E-state index < -0.39 is 0 Å². The zero-order valence-corrected chi connectivity index (χ0v) is 7.72. The molecular formula is C10H13NO2. The lowest BCUT2D eigenvalue weighted by Crippen LogP contribution is -2.33. The van der Waals surface area contributed by atoms with Crippen LogP contribution in [0.3, 0.4) is 0 Å². The summed E-state index contributed by atoms with van der Waals surface area (Å²) in [5.41, 5.74) is 3.57. The molecule has 2 rings (SSSR count). The summed E-state index contributed by atoms with van der Waals surface area (Å²) in [6.07, 6.45) is 4.94. The van der Waals surface area contributed by atoms with E-state index in [1.54, 1.807) is 0 Å². The molecule has 0 aromatic carbocycles. The molecule has 3 heteroatoms. The summed E-state index contributed by atoms with van der Waals surface area (Å²) in [5.74, 6) is 0. The fourth-order valence-electron chi connectivity index (χ4n) is 1.84. The zero-order chi connectivity index (χ0) is 9.26. The minimum Gasteiger partial charge on any atom is -0.444 e. The maximum absolute atomic E-state index is 10.9. The number of fused-ring (bicyclic) bond motifs is 1. The van der Waals surface area contributed by atoms with Crippen molar-refractivity contribution in [3.05, 3.63) is 22.9 Å². The van der Waals surface area contributed by atoms with E-state index in [1.165, 1.54) is 11.1 Å². The molecule has 1 N–H and O–H groups in total. The van der Waals surface area contributed by atoms with Gasteiger partial charge in [-0.2, -0.15) is 0 Å². The van der Waals surface area contributed by atoms with Crippen molar-refractivity contribution < 1.29 is 9.53 Å². The molecule has 1 fully saturated rings. The third-order valence-electron chi connectivity index (χ3n) is 2.56. The topological polar surface area (TPSA) is 38.3 Å². The Bertz CT molecular complexity index is 302. The third-order valence-corrected chi connectivity index (χ3v) is 2.56. The number of carbonyl (C=O) groups is 1. The van der Waals surface area contributed by atoms with Gasteiger partial charge in [-0.1, -0.05) is 18.6 Å². The lowest BCUT2D eigenvalue weighted by Gasteiger charge is -2.25. The number of nitrogens with one attached hydrogen (secondary N) is 1. The number of allylic oxidation sites excluding steroid dienone is 2. The molecule has 1 aliphatic heterocycles. The smallest absolute Gasteiger partial charge is 0.411 e. The lowest BCUT2D eigenvalue weighted by atomic mass is 9.93. The van der Waals surface area contributed by atoms with Crippen LogP contribution in [0.15, 0.2) is 22.9 Å². The van der Waals surface area contributed by atoms with Crippen LogP contribution in [-0.2, 0) is 4.74 Å². The van der Waals surface area contributed by atoms with Crippen LogP contribution in [-0.4, -0.2) is 12.7 Å². The summed E-state index contributed by atoms with van der Waals surface area (Å²) >= 11 is 0. The van der Waals surface area contributed by atoms with Gasteiger partial charge in [0.25, 0.3) is 0 Å². The largest absolute Gasteiger partial charge is 0.444 e. The number of hydrogen-bond acceptors (Lipinski definition) is 2. The molecule has 1 aliphatic carbocycles. The van der Waals surface area contributed by atoms with E-state index in [1.807, 2.05) is 0 Å². The number of rotatable bonds is 1. The lowest BCUT2D eigenvalue weighted by molar-refractivity contribution is 0.151. The molecular weight excluding hydrogens is 166 g/mol. The summed E-state index contributed by atoms with van der Waals surface area (Å²) in [4.78, 5) is 10.9. The predicted molar refractivity (Wildman–Crippen MR) is 49.1 cm³/mol. The number of ether oxygens (including phenoxy) is 1. The van der Waals surface area contributed by atoms with Crippen LogP contribution in [0.5, 0.6) is 0 Å². The third kappa shape index (κ3) is 1.46. The normalized spacial score (nSPS) is 21.6. The maximum atomic E-state index is 10.9. The van der Waals surface area contributed by atoms with Crippen LogP contribution in [0, 0.1) is 0 Å². The van der Waals surface area contributed by atoms with Gasteiger partial charge in [-0.05, 0) is 19.3 Å². The van der Waals surface area contributed by atoms with E-state index in [4.69, 9.17) is 4.74 Å². The Morgan fingerprint density at radius 3 is 3.23 bits per heavy atom. The van der Waals surface area contributed by atoms with Gasteiger partial charge >= 0.3 is 6.09 Å². The molecule has 70 valence electrons. The van der Waals surface area contributed by atoms with E-state index in [2.05, 4.69) is 18.3 Å². The Morgan fingerprint density at radius 2 is 2.46 bits per heavy atom. The number of cyclic esters (lactones) is 1. The van der Waals surface area contributed by atoms with Gasteiger partial charge in [0.1, 0.15) is 6.61 Å². The SMILES string of the molecule is CCC1=C2COC(=O)NC2=CCC1. The van der Waals surface area contributed by atoms with E-state index >= 15 is 0 Å². The summed E-state index contributed by atoms with van der Waals surface area (Å²) in [7, 11) is 0. The average molecular weight is 179 g/mol. The zero-order valence-electron chi connectivity index (χ0n) is 7.72. The van der Waals surface area contributed by atoms with E-state index in [9.17, 15) is 4.79 Å². The van der Waals surface area contributed by atoms with Crippen molar-refractivity contribution in [1.29, 1.82) is 0 Å². The molecule has 0 atom stereocenters. The monoisotopic (exact) mass is 179 g/mol. The molecule has 0 unspecified atom stereocenters. The van der Waals surface area contributed by atoms with Crippen molar-refractivity contribution in [3.8, 4) is 0 Å². The van der Waals surface area contributed by atoms with Crippen LogP contribution in [0.1, 0.15) is 26.2 Å². The van der Waals surface area contributed by atoms with Gasteiger partial charge in [-0.3, -0.25) is 5.32 Å². The van der Waals surface area contributed by atoms with Gasteiger partial charge in [-0.25, -0.2) is 4.79 Å². The highest BCUT2D eigenvalue weighted by molar-refractivity contribution is 5.73. The fourth-order valence-corrected chi connectivity index (χ4v) is 1.84. The minimum atomic E-state index is -0.327. The first-order valence-corrected chi connectivity index (χ1v) is 4.66. The molecule has 13 heavy (non-hydrogen) atoms. The first-order valence-electron chi connectivity index (χ1n) is 4.66. The molecule has 1 saturated heterocycles. The van der Waals surface area contributed by atoms with Crippen LogP contribution in [0.4, 0.5) is 4.79 Å². The second-order valence-electron chi connectivity index (χ2n) is 3.29. The fraction of sp³-hybridized carbons (Fsp3) is 0.500. The van der Waals surface area contributed by atoms with Crippen LogP contribution >= 0.6 is 0 Å². The maximum Gasteiger partial charge on any atom is 0.411 e. The molecule has 0 radical (unpaired) electrons. The van der Waals surface area contributed by atoms with E-state index in [-0.39, 0.29) is 6.09 Å². The molecule has 1 heterocycles. The van der Waals surface area contributed by atoms with Crippen molar-refractivity contribution in [2.24, 2.45) is 0 Å². The molecule has 0 saturated carbocycles. The van der Waals surface area contributed by atoms with Gasteiger partial charge < -0.3 is 4.74 Å². The summed E-state index contributed by atoms with van der Waals surface area (Å²) < 4.78 is 4.93. The summed E-state index contributed by atoms with van der Waals surface area (Å²) in [6, 6.07) is 0. The predicted octanol–water partition coefficient (Wildman–Crippen LogP) is 2.11. The highest BCUT2D eigenvalue weighted by Gasteiger charge is 2.22. The molecule has 0 bridgehead atoms. The number of alkyl carbamates (subject to hydrolysis) is 1. The van der Waals surface area contributed by atoms with Gasteiger partial charge in [-0.15, -0.1) is 0 Å². The molecule has 2 aliphatic rings. The molecule has 0 aromatic heterocycles. The Morgan fingerprint density at radius 1 is 1.62 bits per heavy atom. The second kappa shape index (κ2) is 3.24. The Kier molecular flexibility index (Phi) is 2.08. The highest BCUT2D eigenvalue weighted by atomic mass is 16.5. The first-order chi connectivity index (χ1) is 6.31. The summed E-state index contributed by atoms with van der Waals surface area (Å²) in [5, 5.41) is 2.72. The van der Waals surface area contributed by atoms with Crippen LogP contribution < -0.4 is 5.32 Å². The highest BCUT2D eigenvalue weighted by Crippen LogP contribution is 2.28. The number of hydrogen-bond donors (Lipinski definition) is 1. The van der Waals surface area contributed by atoms with Crippen molar-refractivity contribution in [2.45, 2.75) is 26.2 Å². The molecule has 0 spiro atoms. The quantitative estimate of drug-likeness (QED) is 0.669. The van der Waals surface area contributed by atoms with Gasteiger partial charge in [0.15, 0.2) is 0 Å². The van der Waals surface area contributed by atoms with Crippen molar-refractivity contribution in [1.82, 2.24) is 5.32 Å². The Labute approximate surface area is 77.5 Å². The van der Waals surface area contributed by atoms with Crippen molar-refractivity contribution in [2.75, 3.05) is 6.61 Å². The van der Waals surface area contributed by atoms with E-state index in [0.717, 1.165) is 25.0 Å². The second-order valence-corrected chi connectivity index (χ2v) is 3.29. The van der Waals surface area contributed by atoms with Crippen LogP contribution in [0.25, 0.3) is 0 Å². The van der Waals surface area contributed by atoms with Crippen molar-refractivity contribution in [3.63, 3.8) is 0 Å². The minimum absolute atomic E-state index is 0.327. The number of carbonyl (C=O) groups excluding carboxylic acids is 1. The number of amides is 1. The van der Waals surface area contributed by atoms with E-state index in [0.29, 0.717) is 6.61 Å². The van der Waals surface area contributed by atoms with Crippen molar-refractivity contribution >= 4 is 6.09 Å². The summed E-state index contributed by atoms with van der Waals surface area (Å²) in [6.45, 7) is 2.59.